The van der Waals surface area contributed by atoms with Gasteiger partial charge in [0.1, 0.15) is 18.2 Å². The second kappa shape index (κ2) is 9.94. The molecule has 2 aromatic rings. The van der Waals surface area contributed by atoms with Gasteiger partial charge in [0, 0.05) is 31.5 Å². The average Bonchev–Trinajstić information content (AvgIpc) is 3.11. The number of rotatable bonds is 10. The Morgan fingerprint density at radius 3 is 2.83 bits per heavy atom. The first-order chi connectivity index (χ1) is 13.9. The summed E-state index contributed by atoms with van der Waals surface area (Å²) in [5.41, 5.74) is 10.2. The summed E-state index contributed by atoms with van der Waals surface area (Å²) >= 11 is 0. The number of hydrogen-bond donors (Lipinski definition) is 3. The number of carbonyl (C=O) groups excluding carboxylic acids is 2. The zero-order chi connectivity index (χ0) is 21.4. The normalized spacial score (nSPS) is 12.4. The molecule has 10 heteroatoms. The van der Waals surface area contributed by atoms with Crippen LogP contribution in [-0.4, -0.2) is 58.0 Å². The van der Waals surface area contributed by atoms with Gasteiger partial charge in [-0.15, -0.1) is 0 Å². The van der Waals surface area contributed by atoms with Crippen molar-refractivity contribution in [3.63, 3.8) is 0 Å². The number of carboxylic acids is 1. The Kier molecular flexibility index (Phi) is 7.37. The van der Waals surface area contributed by atoms with Gasteiger partial charge in [-0.2, -0.15) is 10.1 Å². The topological polar surface area (TPSA) is 169 Å². The van der Waals surface area contributed by atoms with Crippen LogP contribution in [0.25, 0.3) is 16.4 Å². The first-order valence-corrected chi connectivity index (χ1v) is 8.66. The van der Waals surface area contributed by atoms with Crippen molar-refractivity contribution in [3.8, 4) is 6.07 Å². The predicted octanol–water partition coefficient (Wildman–Crippen LogP) is 0.816. The number of carbonyl (C=O) groups is 3. The van der Waals surface area contributed by atoms with Crippen LogP contribution in [0.15, 0.2) is 24.4 Å². The molecule has 29 heavy (non-hydrogen) atoms. The van der Waals surface area contributed by atoms with Crippen LogP contribution >= 0.6 is 0 Å². The Morgan fingerprint density at radius 2 is 2.21 bits per heavy atom. The van der Waals surface area contributed by atoms with E-state index in [1.165, 1.54) is 7.11 Å². The van der Waals surface area contributed by atoms with E-state index in [1.54, 1.807) is 24.4 Å². The van der Waals surface area contributed by atoms with E-state index in [9.17, 15) is 24.8 Å². The van der Waals surface area contributed by atoms with Crippen molar-refractivity contribution in [2.45, 2.75) is 31.4 Å². The number of H-pyrrole nitrogens is 1. The molecule has 0 radical (unpaired) electrons. The van der Waals surface area contributed by atoms with Gasteiger partial charge in [0.15, 0.2) is 0 Å². The van der Waals surface area contributed by atoms with Gasteiger partial charge in [-0.25, -0.2) is 4.79 Å². The molecule has 1 heterocycles. The molecule has 10 nitrogen and oxygen atoms in total. The molecular formula is C19H19N5O5. The fourth-order valence-corrected chi connectivity index (χ4v) is 2.89. The third-order valence-corrected chi connectivity index (χ3v) is 4.40. The number of ketones is 1. The number of hydrogen-bond acceptors (Lipinski definition) is 5. The summed E-state index contributed by atoms with van der Waals surface area (Å²) in [5, 5.41) is 21.6. The molecule has 0 saturated heterocycles. The second-order valence-electron chi connectivity index (χ2n) is 6.23. The summed E-state index contributed by atoms with van der Waals surface area (Å²) in [4.78, 5) is 40.9. The highest BCUT2D eigenvalue weighted by molar-refractivity contribution is 6.25. The molecule has 0 aliphatic carbocycles. The number of ether oxygens (including phenoxy) is 1. The van der Waals surface area contributed by atoms with Crippen LogP contribution in [0.2, 0.25) is 0 Å². The van der Waals surface area contributed by atoms with Gasteiger partial charge < -0.3 is 25.7 Å². The van der Waals surface area contributed by atoms with Gasteiger partial charge in [-0.1, -0.05) is 12.1 Å². The lowest BCUT2D eigenvalue weighted by Gasteiger charge is -2.19. The number of amides is 1. The van der Waals surface area contributed by atoms with E-state index in [1.807, 2.05) is 0 Å². The third-order valence-electron chi connectivity index (χ3n) is 4.40. The van der Waals surface area contributed by atoms with Crippen molar-refractivity contribution < 1.29 is 29.0 Å². The highest BCUT2D eigenvalue weighted by Crippen LogP contribution is 2.23. The minimum absolute atomic E-state index is 0.152. The highest BCUT2D eigenvalue weighted by atomic mass is 16.5. The molecule has 3 N–H and O–H groups in total. The predicted molar refractivity (Wildman–Crippen MR) is 101 cm³/mol. The summed E-state index contributed by atoms with van der Waals surface area (Å²) < 4.78 is 5.23. The number of nitrogens with zero attached hydrogens (tertiary/aromatic N) is 3. The molecule has 0 aliphatic heterocycles. The van der Waals surface area contributed by atoms with Gasteiger partial charge in [-0.3, -0.25) is 9.59 Å². The Bertz CT molecular complexity index is 1020. The molecule has 0 spiro atoms. The molecule has 1 aromatic heterocycles. The number of Topliss-reactive ketones (excluding diaryl/α,β-unsaturated/α-hetero) is 1. The summed E-state index contributed by atoms with van der Waals surface area (Å²) in [5.74, 6) is -2.51. The van der Waals surface area contributed by atoms with E-state index < -0.39 is 29.8 Å². The fourth-order valence-electron chi connectivity index (χ4n) is 2.89. The number of fused-ring (bicyclic) bond motifs is 1. The van der Waals surface area contributed by atoms with E-state index in [-0.39, 0.29) is 19.3 Å². The van der Waals surface area contributed by atoms with Crippen LogP contribution in [0.1, 0.15) is 24.0 Å². The smallest absolute Gasteiger partial charge is 0.326 e. The van der Waals surface area contributed by atoms with Gasteiger partial charge in [-0.05, 0) is 18.1 Å². The first kappa shape index (κ1) is 21.5. The van der Waals surface area contributed by atoms with Crippen LogP contribution in [-0.2, 0) is 25.5 Å². The molecule has 0 saturated carbocycles. The van der Waals surface area contributed by atoms with E-state index >= 15 is 0 Å². The number of nitrogens with one attached hydrogen (secondary N) is 2. The lowest BCUT2D eigenvalue weighted by atomic mass is 10.0. The molecule has 150 valence electrons. The number of methoxy groups -OCH3 is 1. The van der Waals surface area contributed by atoms with Crippen LogP contribution in [0, 0.1) is 11.3 Å². The molecule has 0 aliphatic rings. The SMILES string of the molecule is CO[C@@H](Cc1c[nH]c2c(C#N)cccc12)C(=O)N[C@@H](CCC(=O)C=[N+]=[N-])C(=O)O. The van der Waals surface area contributed by atoms with Crippen molar-refractivity contribution in [1.29, 1.82) is 5.26 Å². The molecule has 2 rings (SSSR count). The maximum absolute atomic E-state index is 12.5. The van der Waals surface area contributed by atoms with E-state index in [0.29, 0.717) is 17.3 Å². The van der Waals surface area contributed by atoms with Crippen molar-refractivity contribution in [2.75, 3.05) is 7.11 Å². The number of aromatic nitrogens is 1. The number of aliphatic carboxylic acids is 1. The lowest BCUT2D eigenvalue weighted by Crippen LogP contribution is -2.46. The molecule has 0 fully saturated rings. The number of nitriles is 1. The highest BCUT2D eigenvalue weighted by Gasteiger charge is 2.27. The Balaban J connectivity index is 2.11. The minimum Gasteiger partial charge on any atom is -0.480 e. The van der Waals surface area contributed by atoms with Gasteiger partial charge in [0.05, 0.1) is 11.1 Å². The quantitative estimate of drug-likeness (QED) is 0.304. The molecule has 0 unspecified atom stereocenters. The summed E-state index contributed by atoms with van der Waals surface area (Å²) in [6.45, 7) is 0. The van der Waals surface area contributed by atoms with Crippen molar-refractivity contribution in [3.05, 3.63) is 41.1 Å². The lowest BCUT2D eigenvalue weighted by molar-refractivity contribution is -0.144. The number of aromatic amines is 1. The van der Waals surface area contributed by atoms with Gasteiger partial charge >= 0.3 is 12.2 Å². The Hall–Kier alpha value is -3.80. The van der Waals surface area contributed by atoms with Gasteiger partial charge in [0.2, 0.25) is 11.7 Å². The third kappa shape index (κ3) is 5.35. The van der Waals surface area contributed by atoms with E-state index in [2.05, 4.69) is 21.2 Å². The monoisotopic (exact) mass is 397 g/mol. The molecule has 2 atom stereocenters. The zero-order valence-corrected chi connectivity index (χ0v) is 15.6. The largest absolute Gasteiger partial charge is 0.480 e. The number of carboxylic acid groups (broad SMARTS) is 1. The van der Waals surface area contributed by atoms with Crippen molar-refractivity contribution in [1.82, 2.24) is 10.3 Å². The van der Waals surface area contributed by atoms with Crippen LogP contribution in [0.4, 0.5) is 0 Å². The van der Waals surface area contributed by atoms with Crippen molar-refractivity contribution in [2.24, 2.45) is 0 Å². The van der Waals surface area contributed by atoms with E-state index in [0.717, 1.165) is 10.9 Å². The number of para-hydroxylation sites is 1. The Morgan fingerprint density at radius 1 is 1.45 bits per heavy atom. The fraction of sp³-hybridized carbons (Fsp3) is 0.316. The van der Waals surface area contributed by atoms with E-state index in [4.69, 9.17) is 10.3 Å². The molecule has 1 amide bonds. The zero-order valence-electron chi connectivity index (χ0n) is 15.6. The van der Waals surface area contributed by atoms with Crippen LogP contribution in [0.3, 0.4) is 0 Å². The molecule has 1 aromatic carbocycles. The average molecular weight is 397 g/mol. The maximum atomic E-state index is 12.5. The second-order valence-corrected chi connectivity index (χ2v) is 6.23. The summed E-state index contributed by atoms with van der Waals surface area (Å²) in [6.07, 6.45) is 1.15. The standard InChI is InChI=1S/C19H19N5O5/c1-29-16(7-12-9-22-17-11(8-20)3-2-4-14(12)17)18(26)24-15(19(27)28)6-5-13(25)10-23-21/h2-4,9-10,15-16,22H,5-7H2,1H3,(H,24,26)(H,27,28)/t15-,16-/m0/s1. The first-order valence-electron chi connectivity index (χ1n) is 8.66. The number of benzene rings is 1. The van der Waals surface area contributed by atoms with Crippen molar-refractivity contribution >= 4 is 34.8 Å². The maximum Gasteiger partial charge on any atom is 0.326 e. The molecule has 0 bridgehead atoms. The van der Waals surface area contributed by atoms with Crippen LogP contribution < -0.4 is 5.32 Å². The van der Waals surface area contributed by atoms with Crippen LogP contribution in [0.5, 0.6) is 0 Å². The minimum atomic E-state index is -1.30. The van der Waals surface area contributed by atoms with Gasteiger partial charge in [0.25, 0.3) is 0 Å². The Labute approximate surface area is 165 Å². The summed E-state index contributed by atoms with van der Waals surface area (Å²) in [7, 11) is 1.33. The molecular weight excluding hydrogens is 378 g/mol. The summed E-state index contributed by atoms with van der Waals surface area (Å²) in [6, 6.07) is 5.99.